The fourth-order valence-corrected chi connectivity index (χ4v) is 2.44. The van der Waals surface area contributed by atoms with E-state index in [2.05, 4.69) is 39.9 Å². The summed E-state index contributed by atoms with van der Waals surface area (Å²) in [6.07, 6.45) is 6.27. The minimum Gasteiger partial charge on any atom is -0.381 e. The zero-order valence-electron chi connectivity index (χ0n) is 9.82. The maximum atomic E-state index is 4.16. The zero-order valence-corrected chi connectivity index (χ0v) is 9.82. The van der Waals surface area contributed by atoms with Crippen LogP contribution in [-0.4, -0.2) is 24.1 Å². The molecule has 1 fully saturated rings. The van der Waals surface area contributed by atoms with E-state index in [0.29, 0.717) is 6.04 Å². The Morgan fingerprint density at radius 3 is 3.18 bits per heavy atom. The Bertz CT molecular complexity index is 498. The molecule has 1 aromatic carbocycles. The fourth-order valence-electron chi connectivity index (χ4n) is 2.44. The number of piperidine rings is 1. The van der Waals surface area contributed by atoms with Crippen LogP contribution in [0.1, 0.15) is 12.8 Å². The topological polar surface area (TPSA) is 37.0 Å². The normalized spacial score (nSPS) is 20.4. The van der Waals surface area contributed by atoms with Crippen LogP contribution in [0.2, 0.25) is 0 Å². The predicted octanol–water partition coefficient (Wildman–Crippen LogP) is 2.40. The zero-order chi connectivity index (χ0) is 11.5. The average molecular weight is 227 g/mol. The second-order valence-electron chi connectivity index (χ2n) is 4.59. The van der Waals surface area contributed by atoms with Crippen LogP contribution in [0.5, 0.6) is 0 Å². The van der Waals surface area contributed by atoms with E-state index in [1.807, 2.05) is 12.4 Å². The average Bonchev–Trinajstić information content (AvgIpc) is 2.40. The number of pyridine rings is 1. The summed E-state index contributed by atoms with van der Waals surface area (Å²) in [5, 5.41) is 9.51. The Balaban J connectivity index is 1.89. The lowest BCUT2D eigenvalue weighted by Crippen LogP contribution is -2.38. The highest BCUT2D eigenvalue weighted by Gasteiger charge is 2.13. The van der Waals surface area contributed by atoms with Crippen LogP contribution in [0.25, 0.3) is 10.8 Å². The third-order valence-electron chi connectivity index (χ3n) is 3.34. The van der Waals surface area contributed by atoms with Crippen molar-refractivity contribution in [1.29, 1.82) is 0 Å². The number of nitrogens with one attached hydrogen (secondary N) is 2. The highest BCUT2D eigenvalue weighted by molar-refractivity contribution is 5.93. The molecule has 88 valence electrons. The fraction of sp³-hybridized carbons (Fsp3) is 0.357. The molecule has 2 aromatic rings. The lowest BCUT2D eigenvalue weighted by Gasteiger charge is -2.25. The van der Waals surface area contributed by atoms with Gasteiger partial charge in [-0.2, -0.15) is 0 Å². The molecule has 1 aliphatic rings. The third kappa shape index (κ3) is 2.24. The summed E-state index contributed by atoms with van der Waals surface area (Å²) < 4.78 is 0. The molecule has 0 radical (unpaired) electrons. The number of nitrogens with zero attached hydrogens (tertiary/aromatic N) is 1. The highest BCUT2D eigenvalue weighted by Crippen LogP contribution is 2.23. The standard InChI is InChI=1S/C14H17N3/c1-3-11-9-16-8-6-13(11)14(5-1)17-12-4-2-7-15-10-12/h1,3,5-6,8-9,12,15,17H,2,4,7,10H2. The van der Waals surface area contributed by atoms with Crippen molar-refractivity contribution in [1.82, 2.24) is 10.3 Å². The number of aromatic nitrogens is 1. The van der Waals surface area contributed by atoms with Crippen molar-refractivity contribution >= 4 is 16.5 Å². The van der Waals surface area contributed by atoms with Crippen molar-refractivity contribution in [2.45, 2.75) is 18.9 Å². The number of hydrogen-bond donors (Lipinski definition) is 2. The van der Waals surface area contributed by atoms with Gasteiger partial charge in [0.05, 0.1) is 0 Å². The first-order valence-electron chi connectivity index (χ1n) is 6.23. The summed E-state index contributed by atoms with van der Waals surface area (Å²) in [5.41, 5.74) is 1.22. The molecular weight excluding hydrogens is 210 g/mol. The minimum absolute atomic E-state index is 0.544. The van der Waals surface area contributed by atoms with Crippen LogP contribution < -0.4 is 10.6 Å². The predicted molar refractivity (Wildman–Crippen MR) is 71.3 cm³/mol. The summed E-state index contributed by atoms with van der Waals surface area (Å²) >= 11 is 0. The van der Waals surface area contributed by atoms with Crippen LogP contribution in [0.15, 0.2) is 36.7 Å². The number of rotatable bonds is 2. The van der Waals surface area contributed by atoms with Gasteiger partial charge in [-0.25, -0.2) is 0 Å². The third-order valence-corrected chi connectivity index (χ3v) is 3.34. The quantitative estimate of drug-likeness (QED) is 0.827. The van der Waals surface area contributed by atoms with Gasteiger partial charge in [-0.1, -0.05) is 12.1 Å². The van der Waals surface area contributed by atoms with E-state index in [9.17, 15) is 0 Å². The number of benzene rings is 1. The molecule has 3 rings (SSSR count). The van der Waals surface area contributed by atoms with Crippen molar-refractivity contribution in [3.05, 3.63) is 36.7 Å². The van der Waals surface area contributed by atoms with E-state index in [1.54, 1.807) is 0 Å². The van der Waals surface area contributed by atoms with E-state index in [4.69, 9.17) is 0 Å². The van der Waals surface area contributed by atoms with Gasteiger partial charge in [0, 0.05) is 41.4 Å². The van der Waals surface area contributed by atoms with Gasteiger partial charge in [-0.3, -0.25) is 4.98 Å². The number of hydrogen-bond acceptors (Lipinski definition) is 3. The summed E-state index contributed by atoms with van der Waals surface area (Å²) in [6.45, 7) is 2.21. The highest BCUT2D eigenvalue weighted by atomic mass is 15.0. The molecule has 0 spiro atoms. The molecule has 0 saturated carbocycles. The molecule has 1 atom stereocenters. The molecule has 1 aromatic heterocycles. The molecule has 2 heterocycles. The Hall–Kier alpha value is -1.61. The molecule has 1 aliphatic heterocycles. The van der Waals surface area contributed by atoms with E-state index in [0.717, 1.165) is 13.1 Å². The van der Waals surface area contributed by atoms with Crippen molar-refractivity contribution in [2.75, 3.05) is 18.4 Å². The SMILES string of the molecule is c1cc(NC2CCCNC2)c2ccncc2c1. The summed E-state index contributed by atoms with van der Waals surface area (Å²) in [7, 11) is 0. The van der Waals surface area contributed by atoms with Crippen molar-refractivity contribution < 1.29 is 0 Å². The van der Waals surface area contributed by atoms with Gasteiger partial charge in [0.25, 0.3) is 0 Å². The van der Waals surface area contributed by atoms with Gasteiger partial charge in [0.1, 0.15) is 0 Å². The maximum Gasteiger partial charge on any atom is 0.0423 e. The Labute approximate surface area is 101 Å². The first-order valence-corrected chi connectivity index (χ1v) is 6.23. The molecule has 0 bridgehead atoms. The van der Waals surface area contributed by atoms with Crippen LogP contribution in [0.3, 0.4) is 0 Å². The van der Waals surface area contributed by atoms with Crippen LogP contribution >= 0.6 is 0 Å². The van der Waals surface area contributed by atoms with E-state index >= 15 is 0 Å². The molecule has 0 aliphatic carbocycles. The molecule has 1 unspecified atom stereocenters. The van der Waals surface area contributed by atoms with E-state index in [1.165, 1.54) is 29.3 Å². The number of fused-ring (bicyclic) bond motifs is 1. The van der Waals surface area contributed by atoms with Gasteiger partial charge in [-0.05, 0) is 31.5 Å². The minimum atomic E-state index is 0.544. The Morgan fingerprint density at radius 2 is 2.29 bits per heavy atom. The molecular formula is C14H17N3. The first-order chi connectivity index (χ1) is 8.43. The molecule has 3 nitrogen and oxygen atoms in total. The van der Waals surface area contributed by atoms with Crippen molar-refractivity contribution in [3.8, 4) is 0 Å². The number of anilines is 1. The molecule has 17 heavy (non-hydrogen) atoms. The first kappa shape index (κ1) is 10.5. The second-order valence-corrected chi connectivity index (χ2v) is 4.59. The van der Waals surface area contributed by atoms with Gasteiger partial charge in [0.15, 0.2) is 0 Å². The summed E-state index contributed by atoms with van der Waals surface area (Å²) in [4.78, 5) is 4.16. The van der Waals surface area contributed by atoms with Gasteiger partial charge in [-0.15, -0.1) is 0 Å². The van der Waals surface area contributed by atoms with Crippen molar-refractivity contribution in [3.63, 3.8) is 0 Å². The molecule has 3 heteroatoms. The van der Waals surface area contributed by atoms with E-state index < -0.39 is 0 Å². The smallest absolute Gasteiger partial charge is 0.0423 e. The second kappa shape index (κ2) is 4.72. The largest absolute Gasteiger partial charge is 0.381 e. The van der Waals surface area contributed by atoms with Crippen molar-refractivity contribution in [2.24, 2.45) is 0 Å². The monoisotopic (exact) mass is 227 g/mol. The Kier molecular flexibility index (Phi) is 2.92. The van der Waals surface area contributed by atoms with Gasteiger partial charge < -0.3 is 10.6 Å². The lowest BCUT2D eigenvalue weighted by atomic mass is 10.1. The lowest BCUT2D eigenvalue weighted by molar-refractivity contribution is 0.480. The Morgan fingerprint density at radius 1 is 1.29 bits per heavy atom. The molecule has 0 amide bonds. The van der Waals surface area contributed by atoms with Gasteiger partial charge >= 0.3 is 0 Å². The maximum absolute atomic E-state index is 4.16. The summed E-state index contributed by atoms with van der Waals surface area (Å²) in [6, 6.07) is 8.96. The molecule has 1 saturated heterocycles. The van der Waals surface area contributed by atoms with E-state index in [-0.39, 0.29) is 0 Å². The van der Waals surface area contributed by atoms with Crippen LogP contribution in [0.4, 0.5) is 5.69 Å². The van der Waals surface area contributed by atoms with Gasteiger partial charge in [0.2, 0.25) is 0 Å². The van der Waals surface area contributed by atoms with Crippen LogP contribution in [-0.2, 0) is 0 Å². The van der Waals surface area contributed by atoms with Crippen LogP contribution in [0, 0.1) is 0 Å². The summed E-state index contributed by atoms with van der Waals surface area (Å²) in [5.74, 6) is 0. The molecule has 2 N–H and O–H groups in total.